The van der Waals surface area contributed by atoms with E-state index in [0.717, 1.165) is 43.8 Å². The number of nitrogens with one attached hydrogen (secondary N) is 2. The van der Waals surface area contributed by atoms with Crippen molar-refractivity contribution in [3.05, 3.63) is 34.5 Å². The quantitative estimate of drug-likeness (QED) is 0.835. The predicted octanol–water partition coefficient (Wildman–Crippen LogP) is 3.07. The molecule has 1 saturated heterocycles. The maximum atomic E-state index is 12.4. The zero-order chi connectivity index (χ0) is 18.7. The number of amides is 1. The zero-order valence-corrected chi connectivity index (χ0v) is 16.4. The molecule has 0 saturated carbocycles. The Morgan fingerprint density at radius 2 is 2.04 bits per heavy atom. The Balaban J connectivity index is 1.66. The van der Waals surface area contributed by atoms with E-state index in [1.165, 1.54) is 22.2 Å². The molecule has 1 aromatic heterocycles. The predicted molar refractivity (Wildman–Crippen MR) is 105 cm³/mol. The fraction of sp³-hybridized carbons (Fsp3) is 0.571. The van der Waals surface area contributed by atoms with Gasteiger partial charge in [-0.2, -0.15) is 0 Å². The summed E-state index contributed by atoms with van der Waals surface area (Å²) in [6.07, 6.45) is 1.52. The third-order valence-corrected chi connectivity index (χ3v) is 5.48. The van der Waals surface area contributed by atoms with E-state index in [1.54, 1.807) is 0 Å². The summed E-state index contributed by atoms with van der Waals surface area (Å²) in [7, 11) is 0. The largest absolute Gasteiger partial charge is 0.379 e. The number of morpholine rings is 1. The maximum absolute atomic E-state index is 12.4. The van der Waals surface area contributed by atoms with Crippen LogP contribution in [0.1, 0.15) is 42.7 Å². The van der Waals surface area contributed by atoms with Gasteiger partial charge in [0, 0.05) is 43.2 Å². The number of aromatic nitrogens is 1. The molecular formula is C21H31N3O2. The number of fused-ring (bicyclic) bond motifs is 1. The molecule has 26 heavy (non-hydrogen) atoms. The number of rotatable bonds is 6. The highest BCUT2D eigenvalue weighted by atomic mass is 16.5. The number of carbonyl (C=O) groups excluding carboxylic acids is 1. The topological polar surface area (TPSA) is 57.4 Å². The monoisotopic (exact) mass is 357 g/mol. The Kier molecular flexibility index (Phi) is 5.99. The van der Waals surface area contributed by atoms with Crippen molar-refractivity contribution in [2.45, 2.75) is 53.1 Å². The number of benzene rings is 1. The molecule has 5 nitrogen and oxygen atoms in total. The first-order chi connectivity index (χ1) is 12.5. The second-order valence-corrected chi connectivity index (χ2v) is 7.41. The molecule has 0 unspecified atom stereocenters. The third-order valence-electron chi connectivity index (χ3n) is 5.48. The summed E-state index contributed by atoms with van der Waals surface area (Å²) in [5.41, 5.74) is 6.15. The number of nitrogens with zero attached hydrogens (tertiary/aromatic N) is 1. The van der Waals surface area contributed by atoms with Crippen molar-refractivity contribution in [2.75, 3.05) is 26.3 Å². The summed E-state index contributed by atoms with van der Waals surface area (Å²) in [4.78, 5) is 18.3. The Hall–Kier alpha value is -1.85. The number of H-pyrrole nitrogens is 1. The average molecular weight is 357 g/mol. The average Bonchev–Trinajstić information content (AvgIpc) is 2.96. The highest BCUT2D eigenvalue weighted by Crippen LogP contribution is 2.26. The molecule has 1 aromatic carbocycles. The number of aryl methyl sites for hydroxylation is 3. The van der Waals surface area contributed by atoms with Gasteiger partial charge in [0.15, 0.2) is 0 Å². The van der Waals surface area contributed by atoms with Crippen molar-refractivity contribution in [1.82, 2.24) is 15.2 Å². The van der Waals surface area contributed by atoms with Crippen LogP contribution in [-0.2, 0) is 22.5 Å². The molecule has 0 aliphatic carbocycles. The van der Waals surface area contributed by atoms with Crippen molar-refractivity contribution in [2.24, 2.45) is 0 Å². The molecule has 0 bridgehead atoms. The van der Waals surface area contributed by atoms with Crippen LogP contribution in [0.15, 0.2) is 12.1 Å². The lowest BCUT2D eigenvalue weighted by molar-refractivity contribution is -0.122. The molecule has 1 aliphatic heterocycles. The summed E-state index contributed by atoms with van der Waals surface area (Å²) in [6, 6.07) is 4.64. The lowest BCUT2D eigenvalue weighted by Crippen LogP contribution is -2.44. The van der Waals surface area contributed by atoms with Gasteiger partial charge in [0.2, 0.25) is 5.91 Å². The Morgan fingerprint density at radius 3 is 2.73 bits per heavy atom. The van der Waals surface area contributed by atoms with Gasteiger partial charge in [-0.1, -0.05) is 18.6 Å². The minimum absolute atomic E-state index is 0.109. The molecule has 3 rings (SSSR count). The molecule has 1 aliphatic rings. The van der Waals surface area contributed by atoms with Gasteiger partial charge in [-0.05, 0) is 44.4 Å². The number of ether oxygens (including phenoxy) is 1. The molecule has 2 heterocycles. The van der Waals surface area contributed by atoms with E-state index in [4.69, 9.17) is 4.74 Å². The molecule has 5 heteroatoms. The van der Waals surface area contributed by atoms with E-state index in [-0.39, 0.29) is 11.9 Å². The standard InChI is InChI=1S/C21H31N3O2/c1-5-19-16(4)18-11-14(2)10-17(21(18)23-19)13-22-20(25)12-15(3)24-6-8-26-9-7-24/h10-11,15,23H,5-9,12-13H2,1-4H3,(H,22,25)/t15-/m0/s1. The Bertz CT molecular complexity index is 775. The Morgan fingerprint density at radius 1 is 1.31 bits per heavy atom. The van der Waals surface area contributed by atoms with Gasteiger partial charge in [0.1, 0.15) is 0 Å². The molecule has 2 aromatic rings. The first-order valence-electron chi connectivity index (χ1n) is 9.68. The summed E-state index contributed by atoms with van der Waals surface area (Å²) < 4.78 is 5.39. The summed E-state index contributed by atoms with van der Waals surface area (Å²) >= 11 is 0. The smallest absolute Gasteiger partial charge is 0.221 e. The zero-order valence-electron chi connectivity index (χ0n) is 16.4. The fourth-order valence-electron chi connectivity index (χ4n) is 3.89. The summed E-state index contributed by atoms with van der Waals surface area (Å²) in [5, 5.41) is 4.39. The van der Waals surface area contributed by atoms with Crippen LogP contribution in [0.2, 0.25) is 0 Å². The molecule has 1 fully saturated rings. The minimum atomic E-state index is 0.109. The number of carbonyl (C=O) groups is 1. The van der Waals surface area contributed by atoms with Gasteiger partial charge >= 0.3 is 0 Å². The van der Waals surface area contributed by atoms with Gasteiger partial charge in [-0.3, -0.25) is 9.69 Å². The second-order valence-electron chi connectivity index (χ2n) is 7.41. The molecule has 2 N–H and O–H groups in total. The second kappa shape index (κ2) is 8.23. The van der Waals surface area contributed by atoms with E-state index in [9.17, 15) is 4.79 Å². The van der Waals surface area contributed by atoms with Crippen molar-refractivity contribution in [3.63, 3.8) is 0 Å². The number of hydrogen-bond donors (Lipinski definition) is 2. The van der Waals surface area contributed by atoms with Crippen LogP contribution in [0.25, 0.3) is 10.9 Å². The van der Waals surface area contributed by atoms with Gasteiger partial charge in [0.05, 0.1) is 18.7 Å². The number of hydrogen-bond acceptors (Lipinski definition) is 3. The van der Waals surface area contributed by atoms with Crippen LogP contribution < -0.4 is 5.32 Å². The van der Waals surface area contributed by atoms with Crippen LogP contribution in [0.4, 0.5) is 0 Å². The van der Waals surface area contributed by atoms with E-state index in [0.29, 0.717) is 13.0 Å². The normalized spacial score (nSPS) is 16.8. The third kappa shape index (κ3) is 4.10. The lowest BCUT2D eigenvalue weighted by Gasteiger charge is -2.31. The van der Waals surface area contributed by atoms with E-state index >= 15 is 0 Å². The van der Waals surface area contributed by atoms with Gasteiger partial charge in [-0.15, -0.1) is 0 Å². The number of aromatic amines is 1. The first kappa shape index (κ1) is 18.9. The van der Waals surface area contributed by atoms with Crippen LogP contribution >= 0.6 is 0 Å². The Labute approximate surface area is 156 Å². The van der Waals surface area contributed by atoms with Gasteiger partial charge in [0.25, 0.3) is 0 Å². The van der Waals surface area contributed by atoms with Crippen LogP contribution in [0.5, 0.6) is 0 Å². The van der Waals surface area contributed by atoms with E-state index < -0.39 is 0 Å². The van der Waals surface area contributed by atoms with Crippen molar-refractivity contribution >= 4 is 16.8 Å². The minimum Gasteiger partial charge on any atom is -0.379 e. The van der Waals surface area contributed by atoms with E-state index in [2.05, 4.69) is 55.0 Å². The van der Waals surface area contributed by atoms with Crippen LogP contribution in [-0.4, -0.2) is 48.1 Å². The first-order valence-corrected chi connectivity index (χ1v) is 9.68. The van der Waals surface area contributed by atoms with Crippen molar-refractivity contribution < 1.29 is 9.53 Å². The molecule has 0 spiro atoms. The SMILES string of the molecule is CCc1[nH]c2c(CNC(=O)C[C@H](C)N3CCOCC3)cc(C)cc2c1C. The summed E-state index contributed by atoms with van der Waals surface area (Å²) in [6.45, 7) is 12.5. The maximum Gasteiger partial charge on any atom is 0.221 e. The van der Waals surface area contributed by atoms with E-state index in [1.807, 2.05) is 0 Å². The van der Waals surface area contributed by atoms with Gasteiger partial charge < -0.3 is 15.0 Å². The van der Waals surface area contributed by atoms with Crippen LogP contribution in [0, 0.1) is 13.8 Å². The molecule has 0 radical (unpaired) electrons. The molecule has 1 amide bonds. The summed E-state index contributed by atoms with van der Waals surface area (Å²) in [5.74, 6) is 0.109. The van der Waals surface area contributed by atoms with Gasteiger partial charge in [-0.25, -0.2) is 0 Å². The molecule has 1 atom stereocenters. The van der Waals surface area contributed by atoms with Crippen molar-refractivity contribution in [1.29, 1.82) is 0 Å². The highest BCUT2D eigenvalue weighted by Gasteiger charge is 2.19. The van der Waals surface area contributed by atoms with Crippen molar-refractivity contribution in [3.8, 4) is 0 Å². The fourth-order valence-corrected chi connectivity index (χ4v) is 3.89. The molecular weight excluding hydrogens is 326 g/mol. The lowest BCUT2D eigenvalue weighted by atomic mass is 10.0. The highest BCUT2D eigenvalue weighted by molar-refractivity contribution is 5.88. The molecule has 142 valence electrons. The van der Waals surface area contributed by atoms with Crippen LogP contribution in [0.3, 0.4) is 0 Å².